The van der Waals surface area contributed by atoms with Crippen LogP contribution in [0.15, 0.2) is 30.5 Å². The Hall–Kier alpha value is -3.24. The highest BCUT2D eigenvalue weighted by Gasteiger charge is 2.26. The number of aromatic nitrogens is 2. The summed E-state index contributed by atoms with van der Waals surface area (Å²) < 4.78 is 0. The molecular weight excluding hydrogens is 452 g/mol. The van der Waals surface area contributed by atoms with Crippen LogP contribution in [-0.2, 0) is 17.8 Å². The number of hydrogen-bond acceptors (Lipinski definition) is 6. The Labute approximate surface area is 202 Å². The number of benzene rings is 1. The second-order valence-electron chi connectivity index (χ2n) is 8.14. The summed E-state index contributed by atoms with van der Waals surface area (Å²) in [5.74, 6) is -0.476. The lowest BCUT2D eigenvalue weighted by atomic mass is 10.1. The molecule has 1 saturated heterocycles. The number of nitrogens with one attached hydrogen (secondary N) is 4. The van der Waals surface area contributed by atoms with Gasteiger partial charge in [-0.1, -0.05) is 13.8 Å². The molecule has 34 heavy (non-hydrogen) atoms. The van der Waals surface area contributed by atoms with Gasteiger partial charge in [0.2, 0.25) is 5.91 Å². The first-order valence-electron chi connectivity index (χ1n) is 11.7. The molecular formula is C24H30N6O3S. The van der Waals surface area contributed by atoms with E-state index in [2.05, 4.69) is 26.1 Å². The smallest absolute Gasteiger partial charge is 0.261 e. The van der Waals surface area contributed by atoms with Crippen molar-refractivity contribution in [1.82, 2.24) is 31.0 Å². The lowest BCUT2D eigenvalue weighted by Crippen LogP contribution is -2.42. The van der Waals surface area contributed by atoms with Gasteiger partial charge in [0, 0.05) is 41.5 Å². The first-order valence-corrected chi connectivity index (χ1v) is 12.5. The van der Waals surface area contributed by atoms with Gasteiger partial charge >= 0.3 is 0 Å². The predicted octanol–water partition coefficient (Wildman–Crippen LogP) is 2.06. The molecule has 1 fully saturated rings. The number of carbonyl (C=O) groups is 3. The minimum absolute atomic E-state index is 0.0437. The number of aromatic amines is 1. The molecule has 3 aromatic rings. The van der Waals surface area contributed by atoms with Crippen LogP contribution in [0.2, 0.25) is 0 Å². The molecule has 0 bridgehead atoms. The molecule has 2 aromatic heterocycles. The van der Waals surface area contributed by atoms with Crippen molar-refractivity contribution in [1.29, 1.82) is 0 Å². The molecule has 3 amide bonds. The van der Waals surface area contributed by atoms with Crippen molar-refractivity contribution in [2.75, 3.05) is 26.2 Å². The molecule has 0 radical (unpaired) electrons. The molecule has 1 aromatic carbocycles. The van der Waals surface area contributed by atoms with Gasteiger partial charge in [-0.15, -0.1) is 11.3 Å². The van der Waals surface area contributed by atoms with E-state index in [0.717, 1.165) is 47.3 Å². The Morgan fingerprint density at radius 2 is 2.06 bits per heavy atom. The summed E-state index contributed by atoms with van der Waals surface area (Å²) in [6.45, 7) is 6.71. The third-order valence-electron chi connectivity index (χ3n) is 5.94. The zero-order valence-electron chi connectivity index (χ0n) is 19.4. The largest absolute Gasteiger partial charge is 0.347 e. The predicted molar refractivity (Wildman–Crippen MR) is 132 cm³/mol. The molecule has 0 spiro atoms. The monoisotopic (exact) mass is 482 g/mol. The van der Waals surface area contributed by atoms with E-state index in [4.69, 9.17) is 0 Å². The number of amides is 3. The lowest BCUT2D eigenvalue weighted by molar-refractivity contribution is -0.131. The zero-order valence-corrected chi connectivity index (χ0v) is 20.3. The number of nitrogens with zero attached hydrogens (tertiary/aromatic N) is 2. The fourth-order valence-corrected chi connectivity index (χ4v) is 5.21. The normalized spacial score (nSPS) is 17.0. The number of H-pyrrole nitrogens is 1. The second-order valence-corrected chi connectivity index (χ2v) is 9.28. The Kier molecular flexibility index (Phi) is 7.59. The van der Waals surface area contributed by atoms with Crippen LogP contribution in [0.25, 0.3) is 10.9 Å². The van der Waals surface area contributed by atoms with E-state index in [9.17, 15) is 14.4 Å². The van der Waals surface area contributed by atoms with Crippen LogP contribution in [0.3, 0.4) is 0 Å². The highest BCUT2D eigenvalue weighted by atomic mass is 32.1. The van der Waals surface area contributed by atoms with Crippen molar-refractivity contribution < 1.29 is 14.4 Å². The van der Waals surface area contributed by atoms with E-state index >= 15 is 0 Å². The van der Waals surface area contributed by atoms with Crippen molar-refractivity contribution >= 4 is 40.0 Å². The van der Waals surface area contributed by atoms with Gasteiger partial charge in [-0.3, -0.25) is 19.5 Å². The first-order chi connectivity index (χ1) is 16.6. The molecule has 1 atom stereocenters. The maximum absolute atomic E-state index is 12.7. The summed E-state index contributed by atoms with van der Waals surface area (Å²) >= 11 is 1.51. The zero-order chi connectivity index (χ0) is 24.1. The van der Waals surface area contributed by atoms with Gasteiger partial charge in [0.25, 0.3) is 11.8 Å². The number of carbonyl (C=O) groups excluding carboxylic acids is 3. The first kappa shape index (κ1) is 23.9. The number of rotatable bonds is 5. The van der Waals surface area contributed by atoms with E-state index in [-0.39, 0.29) is 30.3 Å². The van der Waals surface area contributed by atoms with Crippen molar-refractivity contribution in [3.05, 3.63) is 51.3 Å². The molecule has 10 heteroatoms. The highest BCUT2D eigenvalue weighted by molar-refractivity contribution is 7.14. The van der Waals surface area contributed by atoms with Gasteiger partial charge in [0.1, 0.15) is 0 Å². The number of thiophene rings is 1. The summed E-state index contributed by atoms with van der Waals surface area (Å²) in [6, 6.07) is 7.31. The Bertz CT molecular complexity index is 1180. The maximum atomic E-state index is 12.7. The van der Waals surface area contributed by atoms with Crippen molar-refractivity contribution in [2.24, 2.45) is 0 Å². The summed E-state index contributed by atoms with van der Waals surface area (Å²) in [7, 11) is 0. The van der Waals surface area contributed by atoms with Crippen LogP contribution >= 0.6 is 11.3 Å². The molecule has 180 valence electrons. The van der Waals surface area contributed by atoms with Gasteiger partial charge in [0.05, 0.1) is 23.1 Å². The molecule has 1 unspecified atom stereocenters. The fraction of sp³-hybridized carbons (Fsp3) is 0.417. The van der Waals surface area contributed by atoms with E-state index in [0.29, 0.717) is 23.5 Å². The average molecular weight is 483 g/mol. The Balaban J connectivity index is 0.00000133. The van der Waals surface area contributed by atoms with E-state index in [1.165, 1.54) is 11.3 Å². The molecule has 4 N–H and O–H groups in total. The Morgan fingerprint density at radius 3 is 2.85 bits per heavy atom. The molecule has 9 nitrogen and oxygen atoms in total. The molecule has 4 heterocycles. The minimum atomic E-state index is -0.296. The highest BCUT2D eigenvalue weighted by Crippen LogP contribution is 2.28. The van der Waals surface area contributed by atoms with Crippen LogP contribution in [0.1, 0.15) is 50.7 Å². The summed E-state index contributed by atoms with van der Waals surface area (Å²) in [4.78, 5) is 41.3. The van der Waals surface area contributed by atoms with Crippen molar-refractivity contribution in [3.8, 4) is 0 Å². The van der Waals surface area contributed by atoms with E-state index in [1.807, 2.05) is 19.9 Å². The SMILES string of the molecule is CC.O=C(NCC(=O)N1CCc2sc(C(=O)NC3CCNC3)cc2C1)c1ccc2[nH]ncc2c1. The second kappa shape index (κ2) is 10.8. The standard InChI is InChI=1S/C22H24N6O3S.C2H6/c29-20(11-24-21(30)13-1-2-17-14(7-13)9-25-27-17)28-6-4-18-15(12-28)8-19(32-18)22(31)26-16-3-5-23-10-16;1-2/h1-2,7-9,16,23H,3-6,10-12H2,(H,24,30)(H,25,27)(H,26,31);1-2H3. The third-order valence-corrected chi connectivity index (χ3v) is 7.18. The van der Waals surface area contributed by atoms with Gasteiger partial charge in [0.15, 0.2) is 0 Å². The van der Waals surface area contributed by atoms with Gasteiger partial charge in [-0.2, -0.15) is 5.10 Å². The van der Waals surface area contributed by atoms with Crippen molar-refractivity contribution in [3.63, 3.8) is 0 Å². The summed E-state index contributed by atoms with van der Waals surface area (Å²) in [5, 5.41) is 16.7. The van der Waals surface area contributed by atoms with Crippen LogP contribution in [0, 0.1) is 0 Å². The minimum Gasteiger partial charge on any atom is -0.347 e. The molecule has 5 rings (SSSR count). The van der Waals surface area contributed by atoms with E-state index < -0.39 is 0 Å². The fourth-order valence-electron chi connectivity index (χ4n) is 4.15. The molecule has 2 aliphatic heterocycles. The van der Waals surface area contributed by atoms with Crippen LogP contribution in [0.5, 0.6) is 0 Å². The summed E-state index contributed by atoms with van der Waals surface area (Å²) in [6.07, 6.45) is 3.32. The quantitative estimate of drug-likeness (QED) is 0.444. The van der Waals surface area contributed by atoms with E-state index in [1.54, 1.807) is 29.3 Å². The third kappa shape index (κ3) is 5.28. The van der Waals surface area contributed by atoms with Gasteiger partial charge in [-0.05, 0) is 49.2 Å². The molecule has 2 aliphatic rings. The molecule has 0 saturated carbocycles. The van der Waals surface area contributed by atoms with Gasteiger partial charge < -0.3 is 20.9 Å². The average Bonchev–Trinajstić information content (AvgIpc) is 3.63. The number of hydrogen-bond donors (Lipinski definition) is 4. The lowest BCUT2D eigenvalue weighted by Gasteiger charge is -2.27. The van der Waals surface area contributed by atoms with Crippen LogP contribution in [-0.4, -0.2) is 65.0 Å². The number of fused-ring (bicyclic) bond motifs is 2. The maximum Gasteiger partial charge on any atom is 0.261 e. The molecule has 0 aliphatic carbocycles. The van der Waals surface area contributed by atoms with Crippen molar-refractivity contribution in [2.45, 2.75) is 39.3 Å². The van der Waals surface area contributed by atoms with Crippen LogP contribution < -0.4 is 16.0 Å². The van der Waals surface area contributed by atoms with Crippen LogP contribution in [0.4, 0.5) is 0 Å². The van der Waals surface area contributed by atoms with Gasteiger partial charge in [-0.25, -0.2) is 0 Å². The Morgan fingerprint density at radius 1 is 1.21 bits per heavy atom. The summed E-state index contributed by atoms with van der Waals surface area (Å²) in [5.41, 5.74) is 2.35. The topological polar surface area (TPSA) is 119 Å².